The van der Waals surface area contributed by atoms with Crippen LogP contribution in [-0.2, 0) is 10.8 Å². The molecule has 0 saturated carbocycles. The Kier molecular flexibility index (Phi) is 6.55. The third-order valence-corrected chi connectivity index (χ3v) is 3.41. The highest BCUT2D eigenvalue weighted by Crippen LogP contribution is 1.97. The van der Waals surface area contributed by atoms with Crippen LogP contribution < -0.4 is 5.32 Å². The maximum absolute atomic E-state index is 11.3. The maximum Gasteiger partial charge on any atom is 0.0779 e. The van der Waals surface area contributed by atoms with Gasteiger partial charge in [-0.3, -0.25) is 4.21 Å². The molecular weight excluding hydrogens is 186 g/mol. The number of rotatable bonds is 6. The molecule has 0 radical (unpaired) electrons. The van der Waals surface area contributed by atoms with Gasteiger partial charge in [-0.15, -0.1) is 0 Å². The molecule has 0 fully saturated rings. The Bertz CT molecular complexity index is 160. The summed E-state index contributed by atoms with van der Waals surface area (Å²) >= 11 is 0. The van der Waals surface area contributed by atoms with Gasteiger partial charge in [0, 0.05) is 28.6 Å². The molecule has 0 rings (SSSR count). The quantitative estimate of drug-likeness (QED) is 0.667. The van der Waals surface area contributed by atoms with Crippen LogP contribution in [0, 0.1) is 0 Å². The summed E-state index contributed by atoms with van der Waals surface area (Å²) < 4.78 is 11.3. The standard InChI is InChI=1S/C9H21NO2S/c1-7(2)10-5-9(11)6-13(12)8(3)4/h7-11H,5-6H2,1-4H3. The van der Waals surface area contributed by atoms with Crippen LogP contribution in [0.2, 0.25) is 0 Å². The lowest BCUT2D eigenvalue weighted by atomic mass is 10.3. The van der Waals surface area contributed by atoms with E-state index in [0.29, 0.717) is 18.3 Å². The van der Waals surface area contributed by atoms with Crippen molar-refractivity contribution < 1.29 is 9.32 Å². The smallest absolute Gasteiger partial charge is 0.0779 e. The van der Waals surface area contributed by atoms with Gasteiger partial charge in [-0.25, -0.2) is 0 Å². The summed E-state index contributed by atoms with van der Waals surface area (Å²) in [5.74, 6) is 0.372. The van der Waals surface area contributed by atoms with E-state index < -0.39 is 16.9 Å². The summed E-state index contributed by atoms with van der Waals surface area (Å²) in [4.78, 5) is 0. The Morgan fingerprint density at radius 1 is 1.31 bits per heavy atom. The first-order valence-corrected chi connectivity index (χ1v) is 6.10. The maximum atomic E-state index is 11.3. The lowest BCUT2D eigenvalue weighted by Crippen LogP contribution is -2.35. The van der Waals surface area contributed by atoms with Crippen molar-refractivity contribution >= 4 is 10.8 Å². The zero-order valence-electron chi connectivity index (χ0n) is 8.91. The molecule has 0 heterocycles. The number of nitrogens with one attached hydrogen (secondary N) is 1. The lowest BCUT2D eigenvalue weighted by molar-refractivity contribution is 0.191. The topological polar surface area (TPSA) is 49.3 Å². The minimum atomic E-state index is -0.907. The second-order valence-corrected chi connectivity index (χ2v) is 5.85. The molecule has 0 aliphatic rings. The average Bonchev–Trinajstić information content (AvgIpc) is 2.00. The summed E-state index contributed by atoms with van der Waals surface area (Å²) in [7, 11) is -0.907. The van der Waals surface area contributed by atoms with Gasteiger partial charge in [0.2, 0.25) is 0 Å². The SMILES string of the molecule is CC(C)NCC(O)CS(=O)C(C)C. The molecule has 2 N–H and O–H groups in total. The molecule has 0 saturated heterocycles. The molecule has 3 nitrogen and oxygen atoms in total. The molecule has 0 aromatic heterocycles. The molecule has 0 aliphatic carbocycles. The van der Waals surface area contributed by atoms with Gasteiger partial charge in [-0.05, 0) is 0 Å². The minimum absolute atomic E-state index is 0.133. The fourth-order valence-electron chi connectivity index (χ4n) is 0.813. The molecule has 0 bridgehead atoms. The highest BCUT2D eigenvalue weighted by atomic mass is 32.2. The molecule has 0 spiro atoms. The summed E-state index contributed by atoms with van der Waals surface area (Å²) in [6.45, 7) is 8.37. The van der Waals surface area contributed by atoms with Gasteiger partial charge in [0.1, 0.15) is 0 Å². The molecule has 0 aliphatic heterocycles. The number of hydrogen-bond acceptors (Lipinski definition) is 3. The highest BCUT2D eigenvalue weighted by Gasteiger charge is 2.12. The predicted molar refractivity (Wildman–Crippen MR) is 57.3 cm³/mol. The van der Waals surface area contributed by atoms with Crippen LogP contribution >= 0.6 is 0 Å². The van der Waals surface area contributed by atoms with Crippen molar-refractivity contribution in [1.29, 1.82) is 0 Å². The van der Waals surface area contributed by atoms with E-state index >= 15 is 0 Å². The van der Waals surface area contributed by atoms with Gasteiger partial charge in [0.15, 0.2) is 0 Å². The van der Waals surface area contributed by atoms with Gasteiger partial charge >= 0.3 is 0 Å². The van der Waals surface area contributed by atoms with Crippen molar-refractivity contribution in [1.82, 2.24) is 5.32 Å². The molecule has 4 heteroatoms. The van der Waals surface area contributed by atoms with E-state index in [2.05, 4.69) is 5.32 Å². The van der Waals surface area contributed by atoms with E-state index in [1.807, 2.05) is 27.7 Å². The Hall–Kier alpha value is 0.0700. The number of hydrogen-bond donors (Lipinski definition) is 2. The van der Waals surface area contributed by atoms with Crippen molar-refractivity contribution in [3.05, 3.63) is 0 Å². The van der Waals surface area contributed by atoms with E-state index in [4.69, 9.17) is 0 Å². The second-order valence-electron chi connectivity index (χ2n) is 3.81. The molecule has 13 heavy (non-hydrogen) atoms. The highest BCUT2D eigenvalue weighted by molar-refractivity contribution is 7.85. The normalized spacial score (nSPS) is 16.5. The van der Waals surface area contributed by atoms with E-state index in [9.17, 15) is 9.32 Å². The monoisotopic (exact) mass is 207 g/mol. The Morgan fingerprint density at radius 2 is 1.85 bits per heavy atom. The van der Waals surface area contributed by atoms with Crippen molar-refractivity contribution in [2.24, 2.45) is 0 Å². The van der Waals surface area contributed by atoms with Crippen molar-refractivity contribution in [3.8, 4) is 0 Å². The van der Waals surface area contributed by atoms with Crippen LogP contribution in [0.4, 0.5) is 0 Å². The number of aliphatic hydroxyl groups is 1. The van der Waals surface area contributed by atoms with Gasteiger partial charge in [0.25, 0.3) is 0 Å². The van der Waals surface area contributed by atoms with Gasteiger partial charge < -0.3 is 10.4 Å². The third kappa shape index (κ3) is 7.16. The third-order valence-electron chi connectivity index (χ3n) is 1.64. The van der Waals surface area contributed by atoms with Crippen LogP contribution in [-0.4, -0.2) is 39.0 Å². The fraction of sp³-hybridized carbons (Fsp3) is 1.00. The first-order valence-electron chi connectivity index (χ1n) is 4.72. The average molecular weight is 207 g/mol. The fourth-order valence-corrected chi connectivity index (χ4v) is 1.69. The molecule has 0 aromatic carbocycles. The Labute approximate surface area is 83.4 Å². The summed E-state index contributed by atoms with van der Waals surface area (Å²) in [5, 5.41) is 12.7. The van der Waals surface area contributed by atoms with Crippen LogP contribution in [0.5, 0.6) is 0 Å². The van der Waals surface area contributed by atoms with Gasteiger partial charge in [-0.1, -0.05) is 27.7 Å². The Balaban J connectivity index is 3.62. The van der Waals surface area contributed by atoms with E-state index in [1.54, 1.807) is 0 Å². The first kappa shape index (κ1) is 13.1. The van der Waals surface area contributed by atoms with Crippen molar-refractivity contribution in [3.63, 3.8) is 0 Å². The van der Waals surface area contributed by atoms with Crippen LogP contribution in [0.3, 0.4) is 0 Å². The Morgan fingerprint density at radius 3 is 2.23 bits per heavy atom. The summed E-state index contributed by atoms with van der Waals surface area (Å²) in [6.07, 6.45) is -0.495. The molecular formula is C9H21NO2S. The van der Waals surface area contributed by atoms with Crippen LogP contribution in [0.15, 0.2) is 0 Å². The van der Waals surface area contributed by atoms with Gasteiger partial charge in [0.05, 0.1) is 11.9 Å². The van der Waals surface area contributed by atoms with Gasteiger partial charge in [-0.2, -0.15) is 0 Å². The largest absolute Gasteiger partial charge is 0.391 e. The predicted octanol–water partition coefficient (Wildman–Crippen LogP) is 0.502. The number of aliphatic hydroxyl groups excluding tert-OH is 1. The van der Waals surface area contributed by atoms with Crippen molar-refractivity contribution in [2.45, 2.75) is 45.1 Å². The van der Waals surface area contributed by atoms with Crippen molar-refractivity contribution in [2.75, 3.05) is 12.3 Å². The molecule has 0 aromatic rings. The first-order chi connectivity index (χ1) is 5.93. The zero-order chi connectivity index (χ0) is 10.4. The van der Waals surface area contributed by atoms with E-state index in [1.165, 1.54) is 0 Å². The molecule has 0 amide bonds. The van der Waals surface area contributed by atoms with Crippen LogP contribution in [0.25, 0.3) is 0 Å². The van der Waals surface area contributed by atoms with E-state index in [-0.39, 0.29) is 5.25 Å². The molecule has 2 atom stereocenters. The van der Waals surface area contributed by atoms with E-state index in [0.717, 1.165) is 0 Å². The molecule has 80 valence electrons. The second kappa shape index (κ2) is 6.51. The minimum Gasteiger partial charge on any atom is -0.391 e. The molecule has 2 unspecified atom stereocenters. The summed E-state index contributed by atoms with van der Waals surface area (Å²) in [5.41, 5.74) is 0. The lowest BCUT2D eigenvalue weighted by Gasteiger charge is -2.14. The summed E-state index contributed by atoms with van der Waals surface area (Å²) in [6, 6.07) is 0.363. The van der Waals surface area contributed by atoms with Crippen LogP contribution in [0.1, 0.15) is 27.7 Å². The zero-order valence-corrected chi connectivity index (χ0v) is 9.73.